The maximum atomic E-state index is 6.15. The van der Waals surface area contributed by atoms with Crippen LogP contribution in [0.2, 0.25) is 0 Å². The Labute approximate surface area is 124 Å². The van der Waals surface area contributed by atoms with Crippen molar-refractivity contribution in [2.24, 2.45) is 0 Å². The van der Waals surface area contributed by atoms with Gasteiger partial charge in [0.2, 0.25) is 0 Å². The number of rotatable bonds is 4. The number of nitrogens with one attached hydrogen (secondary N) is 1. The molecule has 1 heterocycles. The van der Waals surface area contributed by atoms with Gasteiger partial charge in [-0.25, -0.2) is 0 Å². The third-order valence-corrected chi connectivity index (χ3v) is 3.74. The van der Waals surface area contributed by atoms with Gasteiger partial charge in [0.05, 0.1) is 6.04 Å². The largest absolute Gasteiger partial charge is 0.398 e. The lowest BCUT2D eigenvalue weighted by Crippen LogP contribution is -2.23. The monoisotopic (exact) mass is 277 g/mol. The molecule has 0 saturated carbocycles. The molecule has 0 aliphatic rings. The van der Waals surface area contributed by atoms with Gasteiger partial charge in [0.25, 0.3) is 0 Å². The average Bonchev–Trinajstić information content (AvgIpc) is 2.53. The minimum absolute atomic E-state index is 0.0507. The van der Waals surface area contributed by atoms with Gasteiger partial charge in [0.15, 0.2) is 0 Å². The second-order valence-electron chi connectivity index (χ2n) is 5.06. The first-order chi connectivity index (χ1) is 10.3. The predicted molar refractivity (Wildman–Crippen MR) is 88.1 cm³/mol. The number of anilines is 1. The number of aromatic nitrogens is 1. The zero-order valence-electron chi connectivity index (χ0n) is 12.1. The van der Waals surface area contributed by atoms with E-state index in [1.165, 1.54) is 16.3 Å². The van der Waals surface area contributed by atoms with Crippen LogP contribution in [0.1, 0.15) is 24.1 Å². The maximum absolute atomic E-state index is 6.15. The Morgan fingerprint density at radius 1 is 1.05 bits per heavy atom. The van der Waals surface area contributed by atoms with Crippen molar-refractivity contribution in [2.75, 3.05) is 12.3 Å². The fourth-order valence-corrected chi connectivity index (χ4v) is 2.75. The molecule has 3 rings (SSSR count). The minimum atomic E-state index is 0.0507. The molecule has 3 nitrogen and oxygen atoms in total. The van der Waals surface area contributed by atoms with E-state index in [4.69, 9.17) is 5.73 Å². The van der Waals surface area contributed by atoms with Crippen LogP contribution < -0.4 is 11.1 Å². The molecule has 0 amide bonds. The van der Waals surface area contributed by atoms with Gasteiger partial charge in [-0.05, 0) is 28.9 Å². The molecule has 0 saturated heterocycles. The molecule has 3 N–H and O–H groups in total. The van der Waals surface area contributed by atoms with Crippen LogP contribution in [0.25, 0.3) is 10.8 Å². The Balaban J connectivity index is 2.19. The van der Waals surface area contributed by atoms with Crippen molar-refractivity contribution >= 4 is 16.5 Å². The van der Waals surface area contributed by atoms with E-state index < -0.39 is 0 Å². The number of nitrogens with zero attached hydrogens (tertiary/aromatic N) is 1. The number of hydrogen-bond donors (Lipinski definition) is 2. The highest BCUT2D eigenvalue weighted by Gasteiger charge is 2.17. The van der Waals surface area contributed by atoms with E-state index in [0.29, 0.717) is 0 Å². The average molecular weight is 277 g/mol. The molecule has 1 aromatic heterocycles. The van der Waals surface area contributed by atoms with Crippen molar-refractivity contribution < 1.29 is 0 Å². The van der Waals surface area contributed by atoms with Crippen LogP contribution >= 0.6 is 0 Å². The van der Waals surface area contributed by atoms with Crippen molar-refractivity contribution in [3.63, 3.8) is 0 Å². The summed E-state index contributed by atoms with van der Waals surface area (Å²) in [5.41, 5.74) is 9.18. The topological polar surface area (TPSA) is 50.9 Å². The summed E-state index contributed by atoms with van der Waals surface area (Å²) >= 11 is 0. The first kappa shape index (κ1) is 13.6. The van der Waals surface area contributed by atoms with E-state index in [1.54, 1.807) is 6.20 Å². The second-order valence-corrected chi connectivity index (χ2v) is 5.06. The lowest BCUT2D eigenvalue weighted by molar-refractivity contribution is 0.634. The Morgan fingerprint density at radius 3 is 2.67 bits per heavy atom. The lowest BCUT2D eigenvalue weighted by Gasteiger charge is -2.21. The van der Waals surface area contributed by atoms with Crippen molar-refractivity contribution in [2.45, 2.75) is 13.0 Å². The number of pyridine rings is 1. The summed E-state index contributed by atoms with van der Waals surface area (Å²) in [7, 11) is 0. The van der Waals surface area contributed by atoms with Gasteiger partial charge >= 0.3 is 0 Å². The quantitative estimate of drug-likeness (QED) is 0.767. The van der Waals surface area contributed by atoms with E-state index >= 15 is 0 Å². The molecular formula is C18H19N3. The third-order valence-electron chi connectivity index (χ3n) is 3.74. The fraction of sp³-hybridized carbons (Fsp3) is 0.167. The van der Waals surface area contributed by atoms with Gasteiger partial charge in [-0.15, -0.1) is 0 Å². The number of nitrogen functional groups attached to an aromatic ring is 1. The van der Waals surface area contributed by atoms with Crippen molar-refractivity contribution in [1.82, 2.24) is 10.3 Å². The fourth-order valence-electron chi connectivity index (χ4n) is 2.75. The summed E-state index contributed by atoms with van der Waals surface area (Å²) in [4.78, 5) is 4.23. The number of hydrogen-bond acceptors (Lipinski definition) is 3. The molecule has 0 radical (unpaired) electrons. The summed E-state index contributed by atoms with van der Waals surface area (Å²) in [5, 5.41) is 6.01. The Morgan fingerprint density at radius 2 is 1.86 bits per heavy atom. The Kier molecular flexibility index (Phi) is 3.84. The number of fused-ring (bicyclic) bond motifs is 1. The molecule has 21 heavy (non-hydrogen) atoms. The molecule has 0 aliphatic heterocycles. The molecule has 106 valence electrons. The molecule has 3 heteroatoms. The first-order valence-corrected chi connectivity index (χ1v) is 7.21. The van der Waals surface area contributed by atoms with Crippen LogP contribution in [-0.2, 0) is 0 Å². The van der Waals surface area contributed by atoms with Crippen molar-refractivity contribution in [1.29, 1.82) is 0 Å². The van der Waals surface area contributed by atoms with E-state index in [-0.39, 0.29) is 6.04 Å². The lowest BCUT2D eigenvalue weighted by atomic mass is 9.94. The van der Waals surface area contributed by atoms with Crippen LogP contribution in [0.5, 0.6) is 0 Å². The zero-order chi connectivity index (χ0) is 14.7. The van der Waals surface area contributed by atoms with Crippen LogP contribution in [0.15, 0.2) is 60.9 Å². The molecule has 1 atom stereocenters. The maximum Gasteiger partial charge on any atom is 0.0618 e. The van der Waals surface area contributed by atoms with Gasteiger partial charge in [0, 0.05) is 23.6 Å². The van der Waals surface area contributed by atoms with Gasteiger partial charge in [-0.1, -0.05) is 49.4 Å². The summed E-state index contributed by atoms with van der Waals surface area (Å²) in [6.45, 7) is 2.97. The van der Waals surface area contributed by atoms with Crippen molar-refractivity contribution in [3.8, 4) is 0 Å². The molecule has 1 unspecified atom stereocenters. The molecule has 0 fully saturated rings. The smallest absolute Gasteiger partial charge is 0.0618 e. The summed E-state index contributed by atoms with van der Waals surface area (Å²) in [6, 6.07) is 16.7. The Hall–Kier alpha value is -2.39. The normalized spacial score (nSPS) is 12.4. The standard InChI is InChI=1S/C18H19N3/c1-2-21-18(16-12-20-11-10-17(16)19)15-9-5-7-13-6-3-4-8-14(13)15/h3-12,18,21H,2H2,1H3,(H2,19,20). The molecule has 0 bridgehead atoms. The second kappa shape index (κ2) is 5.94. The Bertz CT molecular complexity index is 747. The first-order valence-electron chi connectivity index (χ1n) is 7.21. The minimum Gasteiger partial charge on any atom is -0.398 e. The van der Waals surface area contributed by atoms with Crippen LogP contribution in [0, 0.1) is 0 Å². The van der Waals surface area contributed by atoms with E-state index in [2.05, 4.69) is 59.7 Å². The van der Waals surface area contributed by atoms with Gasteiger partial charge in [0.1, 0.15) is 0 Å². The van der Waals surface area contributed by atoms with Crippen molar-refractivity contribution in [3.05, 3.63) is 72.1 Å². The molecule has 0 aliphatic carbocycles. The molecule has 0 spiro atoms. The highest BCUT2D eigenvalue weighted by atomic mass is 14.9. The van der Waals surface area contributed by atoms with E-state index in [9.17, 15) is 0 Å². The van der Waals surface area contributed by atoms with E-state index in [0.717, 1.165) is 17.8 Å². The number of nitrogens with two attached hydrogens (primary N) is 1. The summed E-state index contributed by atoms with van der Waals surface area (Å²) in [6.07, 6.45) is 3.58. The third kappa shape index (κ3) is 2.60. The molecule has 2 aromatic carbocycles. The predicted octanol–water partition coefficient (Wildman–Crippen LogP) is 3.52. The number of benzene rings is 2. The molecule has 3 aromatic rings. The van der Waals surface area contributed by atoms with E-state index in [1.807, 2.05) is 12.3 Å². The summed E-state index contributed by atoms with van der Waals surface area (Å²) < 4.78 is 0. The van der Waals surface area contributed by atoms with Gasteiger partial charge in [-0.3, -0.25) is 4.98 Å². The van der Waals surface area contributed by atoms with Crippen LogP contribution in [-0.4, -0.2) is 11.5 Å². The SMILES string of the molecule is CCNC(c1cnccc1N)c1cccc2ccccc12. The highest BCUT2D eigenvalue weighted by molar-refractivity contribution is 5.86. The van der Waals surface area contributed by atoms with Gasteiger partial charge in [-0.2, -0.15) is 0 Å². The van der Waals surface area contributed by atoms with Gasteiger partial charge < -0.3 is 11.1 Å². The summed E-state index contributed by atoms with van der Waals surface area (Å²) in [5.74, 6) is 0. The highest BCUT2D eigenvalue weighted by Crippen LogP contribution is 2.31. The zero-order valence-corrected chi connectivity index (χ0v) is 12.1. The van der Waals surface area contributed by atoms with Crippen LogP contribution in [0.4, 0.5) is 5.69 Å². The van der Waals surface area contributed by atoms with Crippen LogP contribution in [0.3, 0.4) is 0 Å². The molecular weight excluding hydrogens is 258 g/mol.